The zero-order chi connectivity index (χ0) is 17.1. The van der Waals surface area contributed by atoms with Crippen LogP contribution in [0.5, 0.6) is 0 Å². The van der Waals surface area contributed by atoms with Crippen LogP contribution < -0.4 is 10.9 Å². The standard InChI is InChI=1S/C18H17N3O3/c1-12-2-7-16-19-10-15(18(24)21(16)11-12)17(23)20-14-5-3-13(4-6-14)8-9-22/h2-7,10-11,22H,8-9H2,1H3,(H,20,23). The molecule has 1 aromatic carbocycles. The summed E-state index contributed by atoms with van der Waals surface area (Å²) in [6.07, 6.45) is 3.51. The van der Waals surface area contributed by atoms with Gasteiger partial charge in [-0.25, -0.2) is 4.98 Å². The van der Waals surface area contributed by atoms with Crippen molar-refractivity contribution in [1.29, 1.82) is 0 Å². The van der Waals surface area contributed by atoms with Crippen molar-refractivity contribution in [2.24, 2.45) is 0 Å². The average molecular weight is 323 g/mol. The number of carbonyl (C=O) groups is 1. The first-order valence-corrected chi connectivity index (χ1v) is 7.57. The third-order valence-corrected chi connectivity index (χ3v) is 3.71. The van der Waals surface area contributed by atoms with Crippen molar-refractivity contribution in [3.8, 4) is 0 Å². The Bertz CT molecular complexity index is 946. The van der Waals surface area contributed by atoms with Gasteiger partial charge in [0.05, 0.1) is 0 Å². The number of carbonyl (C=O) groups excluding carboxylic acids is 1. The second-order valence-electron chi connectivity index (χ2n) is 5.54. The number of pyridine rings is 1. The van der Waals surface area contributed by atoms with Gasteiger partial charge in [0.2, 0.25) is 0 Å². The maximum Gasteiger partial charge on any atom is 0.270 e. The molecule has 122 valence electrons. The Hall–Kier alpha value is -2.99. The lowest BCUT2D eigenvalue weighted by Gasteiger charge is -2.07. The van der Waals surface area contributed by atoms with Crippen LogP contribution in [0.15, 0.2) is 53.6 Å². The molecule has 0 saturated carbocycles. The van der Waals surface area contributed by atoms with E-state index in [1.54, 1.807) is 24.4 Å². The molecular formula is C18H17N3O3. The molecule has 3 rings (SSSR count). The maximum absolute atomic E-state index is 12.5. The second kappa shape index (κ2) is 6.64. The van der Waals surface area contributed by atoms with Crippen LogP contribution in [-0.4, -0.2) is 27.0 Å². The first kappa shape index (κ1) is 15.9. The number of fused-ring (bicyclic) bond motifs is 1. The zero-order valence-corrected chi connectivity index (χ0v) is 13.2. The van der Waals surface area contributed by atoms with E-state index in [0.717, 1.165) is 11.1 Å². The summed E-state index contributed by atoms with van der Waals surface area (Å²) in [6, 6.07) is 10.7. The molecule has 24 heavy (non-hydrogen) atoms. The normalized spacial score (nSPS) is 10.8. The highest BCUT2D eigenvalue weighted by atomic mass is 16.3. The summed E-state index contributed by atoms with van der Waals surface area (Å²) in [4.78, 5) is 29.0. The number of benzene rings is 1. The number of anilines is 1. The number of aliphatic hydroxyl groups is 1. The molecule has 6 heteroatoms. The summed E-state index contributed by atoms with van der Waals surface area (Å²) in [5.41, 5.74) is 2.53. The number of hydrogen-bond donors (Lipinski definition) is 2. The number of rotatable bonds is 4. The van der Waals surface area contributed by atoms with Gasteiger partial charge in [-0.3, -0.25) is 14.0 Å². The SMILES string of the molecule is Cc1ccc2ncc(C(=O)Nc3ccc(CCO)cc3)c(=O)n2c1. The molecule has 0 atom stereocenters. The average Bonchev–Trinajstić information content (AvgIpc) is 2.57. The summed E-state index contributed by atoms with van der Waals surface area (Å²) in [7, 11) is 0. The Morgan fingerprint density at radius 3 is 2.67 bits per heavy atom. The Kier molecular flexibility index (Phi) is 4.39. The first-order valence-electron chi connectivity index (χ1n) is 7.57. The van der Waals surface area contributed by atoms with Gasteiger partial charge in [0.25, 0.3) is 11.5 Å². The molecule has 0 spiro atoms. The van der Waals surface area contributed by atoms with Crippen LogP contribution >= 0.6 is 0 Å². The van der Waals surface area contributed by atoms with E-state index in [1.807, 2.05) is 25.1 Å². The number of aryl methyl sites for hydroxylation is 1. The van der Waals surface area contributed by atoms with Crippen LogP contribution in [0, 0.1) is 6.92 Å². The highest BCUT2D eigenvalue weighted by molar-refractivity contribution is 6.03. The lowest BCUT2D eigenvalue weighted by Crippen LogP contribution is -2.26. The molecule has 0 aliphatic rings. The van der Waals surface area contributed by atoms with E-state index in [-0.39, 0.29) is 12.2 Å². The predicted octanol–water partition coefficient (Wildman–Crippen LogP) is 1.79. The minimum Gasteiger partial charge on any atom is -0.396 e. The van der Waals surface area contributed by atoms with Crippen LogP contribution in [0.4, 0.5) is 5.69 Å². The molecule has 2 aromatic heterocycles. The predicted molar refractivity (Wildman–Crippen MR) is 91.4 cm³/mol. The molecule has 0 unspecified atom stereocenters. The van der Waals surface area contributed by atoms with Crippen LogP contribution in [0.25, 0.3) is 5.65 Å². The molecule has 1 amide bonds. The number of aromatic nitrogens is 2. The van der Waals surface area contributed by atoms with Crippen molar-refractivity contribution in [1.82, 2.24) is 9.38 Å². The van der Waals surface area contributed by atoms with Gasteiger partial charge in [0.15, 0.2) is 0 Å². The van der Waals surface area contributed by atoms with Crippen molar-refractivity contribution in [3.05, 3.63) is 75.8 Å². The first-order chi connectivity index (χ1) is 11.6. The lowest BCUT2D eigenvalue weighted by atomic mass is 10.1. The van der Waals surface area contributed by atoms with E-state index in [4.69, 9.17) is 5.11 Å². The van der Waals surface area contributed by atoms with Crippen LogP contribution in [0.3, 0.4) is 0 Å². The molecule has 0 aliphatic heterocycles. The van der Waals surface area contributed by atoms with E-state index in [0.29, 0.717) is 17.8 Å². The molecule has 0 radical (unpaired) electrons. The Labute approximate surface area is 138 Å². The number of aliphatic hydroxyl groups excluding tert-OH is 1. The minimum atomic E-state index is -0.502. The van der Waals surface area contributed by atoms with E-state index >= 15 is 0 Å². The lowest BCUT2D eigenvalue weighted by molar-refractivity contribution is 0.102. The molecule has 2 heterocycles. The molecule has 2 N–H and O–H groups in total. The summed E-state index contributed by atoms with van der Waals surface area (Å²) in [5, 5.41) is 11.6. The van der Waals surface area contributed by atoms with Crippen LogP contribution in [0.1, 0.15) is 21.5 Å². The number of nitrogens with zero attached hydrogens (tertiary/aromatic N) is 2. The second-order valence-corrected chi connectivity index (χ2v) is 5.54. The number of hydrogen-bond acceptors (Lipinski definition) is 4. The largest absolute Gasteiger partial charge is 0.396 e. The Balaban J connectivity index is 1.88. The van der Waals surface area contributed by atoms with E-state index in [9.17, 15) is 9.59 Å². The summed E-state index contributed by atoms with van der Waals surface area (Å²) in [6.45, 7) is 1.94. The molecule has 6 nitrogen and oxygen atoms in total. The van der Waals surface area contributed by atoms with Crippen molar-refractivity contribution in [3.63, 3.8) is 0 Å². The fourth-order valence-electron chi connectivity index (χ4n) is 2.42. The van der Waals surface area contributed by atoms with Crippen molar-refractivity contribution in [2.75, 3.05) is 11.9 Å². The fraction of sp³-hybridized carbons (Fsp3) is 0.167. The van der Waals surface area contributed by atoms with Crippen LogP contribution in [-0.2, 0) is 6.42 Å². The molecule has 0 saturated heterocycles. The summed E-state index contributed by atoms with van der Waals surface area (Å²) >= 11 is 0. The summed E-state index contributed by atoms with van der Waals surface area (Å²) in [5.74, 6) is -0.502. The van der Waals surface area contributed by atoms with Crippen molar-refractivity contribution < 1.29 is 9.90 Å². The highest BCUT2D eigenvalue weighted by Gasteiger charge is 2.13. The fourth-order valence-corrected chi connectivity index (χ4v) is 2.42. The molecule has 3 aromatic rings. The van der Waals surface area contributed by atoms with Gasteiger partial charge in [-0.2, -0.15) is 0 Å². The minimum absolute atomic E-state index is 0.0162. The third-order valence-electron chi connectivity index (χ3n) is 3.71. The van der Waals surface area contributed by atoms with Gasteiger partial charge < -0.3 is 10.4 Å². The molecule has 0 aliphatic carbocycles. The van der Waals surface area contributed by atoms with Crippen molar-refractivity contribution >= 4 is 17.2 Å². The number of nitrogens with one attached hydrogen (secondary N) is 1. The van der Waals surface area contributed by atoms with E-state index < -0.39 is 11.5 Å². The monoisotopic (exact) mass is 323 g/mol. The molecule has 0 bridgehead atoms. The summed E-state index contributed by atoms with van der Waals surface area (Å²) < 4.78 is 1.37. The van der Waals surface area contributed by atoms with Gasteiger partial charge in [-0.05, 0) is 42.7 Å². The van der Waals surface area contributed by atoms with Crippen LogP contribution in [0.2, 0.25) is 0 Å². The highest BCUT2D eigenvalue weighted by Crippen LogP contribution is 2.11. The third kappa shape index (κ3) is 3.18. The van der Waals surface area contributed by atoms with E-state index in [1.165, 1.54) is 10.6 Å². The topological polar surface area (TPSA) is 83.7 Å². The number of amides is 1. The molecular weight excluding hydrogens is 306 g/mol. The van der Waals surface area contributed by atoms with Crippen molar-refractivity contribution in [2.45, 2.75) is 13.3 Å². The van der Waals surface area contributed by atoms with Gasteiger partial charge in [-0.15, -0.1) is 0 Å². The van der Waals surface area contributed by atoms with Gasteiger partial charge in [0, 0.05) is 24.7 Å². The van der Waals surface area contributed by atoms with Gasteiger partial charge in [0.1, 0.15) is 11.2 Å². The smallest absolute Gasteiger partial charge is 0.270 e. The van der Waals surface area contributed by atoms with E-state index in [2.05, 4.69) is 10.3 Å². The Morgan fingerprint density at radius 2 is 1.96 bits per heavy atom. The maximum atomic E-state index is 12.5. The van der Waals surface area contributed by atoms with Gasteiger partial charge in [-0.1, -0.05) is 18.2 Å². The quantitative estimate of drug-likeness (QED) is 0.767. The Morgan fingerprint density at radius 1 is 1.21 bits per heavy atom. The zero-order valence-electron chi connectivity index (χ0n) is 13.2. The van der Waals surface area contributed by atoms with Gasteiger partial charge >= 0.3 is 0 Å². The molecule has 0 fully saturated rings.